The highest BCUT2D eigenvalue weighted by atomic mass is 16.4. The molecule has 1 fully saturated rings. The second kappa shape index (κ2) is 6.62. The molecule has 2 amide bonds. The average Bonchev–Trinajstić information content (AvgIpc) is 2.49. The normalized spacial score (nSPS) is 17.7. The number of anilines is 1. The Kier molecular flexibility index (Phi) is 4.63. The van der Waals surface area contributed by atoms with E-state index in [0.29, 0.717) is 30.8 Å². The Bertz CT molecular complexity index is 580. The van der Waals surface area contributed by atoms with Crippen molar-refractivity contribution < 1.29 is 14.7 Å². The smallest absolute Gasteiger partial charge is 0.407 e. The number of benzene rings is 1. The zero-order valence-electron chi connectivity index (χ0n) is 11.3. The van der Waals surface area contributed by atoms with Crippen molar-refractivity contribution in [3.8, 4) is 0 Å². The van der Waals surface area contributed by atoms with Gasteiger partial charge in [-0.15, -0.1) is 0 Å². The molecule has 1 aromatic rings. The molecule has 0 aromatic heterocycles. The molecular formula is C13H15N5O3. The lowest BCUT2D eigenvalue weighted by atomic mass is 9.97. The lowest BCUT2D eigenvalue weighted by Crippen LogP contribution is -2.43. The van der Waals surface area contributed by atoms with Gasteiger partial charge in [0.25, 0.3) is 0 Å². The van der Waals surface area contributed by atoms with Crippen molar-refractivity contribution in [2.24, 2.45) is 11.0 Å². The molecule has 0 spiro atoms. The number of likely N-dealkylation sites (tertiary alicyclic amines) is 1. The molecule has 1 aliphatic heterocycles. The Morgan fingerprint density at radius 3 is 2.71 bits per heavy atom. The van der Waals surface area contributed by atoms with Crippen LogP contribution in [0.2, 0.25) is 0 Å². The van der Waals surface area contributed by atoms with E-state index in [9.17, 15) is 9.59 Å². The highest BCUT2D eigenvalue weighted by Crippen LogP contribution is 2.20. The highest BCUT2D eigenvalue weighted by Gasteiger charge is 2.28. The fraction of sp³-hybridized carbons (Fsp3) is 0.385. The fourth-order valence-electron chi connectivity index (χ4n) is 2.27. The van der Waals surface area contributed by atoms with Crippen LogP contribution < -0.4 is 5.32 Å². The van der Waals surface area contributed by atoms with E-state index in [1.165, 1.54) is 4.90 Å². The zero-order chi connectivity index (χ0) is 15.2. The summed E-state index contributed by atoms with van der Waals surface area (Å²) >= 11 is 0. The van der Waals surface area contributed by atoms with Crippen LogP contribution in [-0.2, 0) is 4.79 Å². The van der Waals surface area contributed by atoms with Crippen molar-refractivity contribution in [2.75, 3.05) is 18.4 Å². The number of amides is 2. The van der Waals surface area contributed by atoms with Gasteiger partial charge in [-0.2, -0.15) is 0 Å². The molecule has 0 saturated carbocycles. The Morgan fingerprint density at radius 1 is 1.38 bits per heavy atom. The van der Waals surface area contributed by atoms with Gasteiger partial charge in [0.15, 0.2) is 0 Å². The standard InChI is InChI=1S/C13H15N5O3/c14-17-16-11-5-3-10(4-6-11)15-12(19)9-2-1-7-18(8-9)13(20)21/h3-6,9H,1-2,7-8H2,(H,15,19)(H,20,21)/t9-/m0/s1. The molecule has 110 valence electrons. The molecule has 0 unspecified atom stereocenters. The minimum absolute atomic E-state index is 0.197. The first-order chi connectivity index (χ1) is 10.1. The molecule has 8 heteroatoms. The summed E-state index contributed by atoms with van der Waals surface area (Å²) in [5.74, 6) is -0.538. The summed E-state index contributed by atoms with van der Waals surface area (Å²) in [5, 5.41) is 15.2. The number of nitrogens with one attached hydrogen (secondary N) is 1. The summed E-state index contributed by atoms with van der Waals surface area (Å²) in [6.45, 7) is 0.692. The van der Waals surface area contributed by atoms with Gasteiger partial charge in [0.2, 0.25) is 5.91 Å². The maximum absolute atomic E-state index is 12.1. The molecule has 1 aromatic carbocycles. The Labute approximate surface area is 121 Å². The molecule has 1 heterocycles. The number of nitrogens with zero attached hydrogens (tertiary/aromatic N) is 4. The Morgan fingerprint density at radius 2 is 2.10 bits per heavy atom. The predicted octanol–water partition coefficient (Wildman–Crippen LogP) is 2.96. The number of carbonyl (C=O) groups is 2. The summed E-state index contributed by atoms with van der Waals surface area (Å²) < 4.78 is 0. The molecule has 0 aliphatic carbocycles. The van der Waals surface area contributed by atoms with Crippen LogP contribution in [-0.4, -0.2) is 35.1 Å². The first-order valence-electron chi connectivity index (χ1n) is 6.54. The van der Waals surface area contributed by atoms with Crippen LogP contribution in [0.15, 0.2) is 29.4 Å². The Hall–Kier alpha value is -2.73. The van der Waals surface area contributed by atoms with Gasteiger partial charge in [-0.25, -0.2) is 4.79 Å². The quantitative estimate of drug-likeness (QED) is 0.505. The van der Waals surface area contributed by atoms with Crippen LogP contribution in [0.25, 0.3) is 10.4 Å². The van der Waals surface area contributed by atoms with Gasteiger partial charge >= 0.3 is 6.09 Å². The van der Waals surface area contributed by atoms with E-state index in [-0.39, 0.29) is 18.4 Å². The van der Waals surface area contributed by atoms with Crippen LogP contribution >= 0.6 is 0 Å². The van der Waals surface area contributed by atoms with Crippen molar-refractivity contribution in [2.45, 2.75) is 12.8 Å². The Balaban J connectivity index is 1.97. The van der Waals surface area contributed by atoms with Crippen LogP contribution in [0.5, 0.6) is 0 Å². The number of hydrogen-bond donors (Lipinski definition) is 2. The number of rotatable bonds is 3. The van der Waals surface area contributed by atoms with Gasteiger partial charge in [-0.3, -0.25) is 4.79 Å². The number of carbonyl (C=O) groups excluding carboxylic acids is 1. The van der Waals surface area contributed by atoms with Gasteiger partial charge in [0, 0.05) is 29.4 Å². The van der Waals surface area contributed by atoms with Gasteiger partial charge in [-0.1, -0.05) is 17.2 Å². The van der Waals surface area contributed by atoms with E-state index in [4.69, 9.17) is 10.6 Å². The summed E-state index contributed by atoms with van der Waals surface area (Å²) in [7, 11) is 0. The molecule has 1 atom stereocenters. The SMILES string of the molecule is [N-]=[N+]=Nc1ccc(NC(=O)[C@H]2CCCN(C(=O)O)C2)cc1. The molecule has 8 nitrogen and oxygen atoms in total. The lowest BCUT2D eigenvalue weighted by Gasteiger charge is -2.29. The molecule has 21 heavy (non-hydrogen) atoms. The molecular weight excluding hydrogens is 274 g/mol. The molecule has 2 N–H and O–H groups in total. The number of hydrogen-bond acceptors (Lipinski definition) is 3. The van der Waals surface area contributed by atoms with Crippen LogP contribution in [0.1, 0.15) is 12.8 Å². The fourth-order valence-corrected chi connectivity index (χ4v) is 2.27. The minimum atomic E-state index is -0.994. The minimum Gasteiger partial charge on any atom is -0.465 e. The number of carboxylic acid groups (broad SMARTS) is 1. The third-order valence-electron chi connectivity index (χ3n) is 3.36. The number of azide groups is 1. The van der Waals surface area contributed by atoms with E-state index in [0.717, 1.165) is 0 Å². The molecule has 0 bridgehead atoms. The van der Waals surface area contributed by atoms with Crippen molar-refractivity contribution in [1.29, 1.82) is 0 Å². The van der Waals surface area contributed by atoms with Crippen molar-refractivity contribution >= 4 is 23.4 Å². The number of piperidine rings is 1. The molecule has 0 radical (unpaired) electrons. The molecule has 1 saturated heterocycles. The van der Waals surface area contributed by atoms with Gasteiger partial charge in [0.05, 0.1) is 5.92 Å². The monoisotopic (exact) mass is 289 g/mol. The summed E-state index contributed by atoms with van der Waals surface area (Å²) in [6.07, 6.45) is 0.360. The van der Waals surface area contributed by atoms with Crippen LogP contribution in [0.3, 0.4) is 0 Å². The average molecular weight is 289 g/mol. The largest absolute Gasteiger partial charge is 0.465 e. The zero-order valence-corrected chi connectivity index (χ0v) is 11.3. The van der Waals surface area contributed by atoms with Crippen LogP contribution in [0, 0.1) is 5.92 Å². The van der Waals surface area contributed by atoms with E-state index in [1.54, 1.807) is 24.3 Å². The predicted molar refractivity (Wildman–Crippen MR) is 76.2 cm³/mol. The maximum Gasteiger partial charge on any atom is 0.407 e. The van der Waals surface area contributed by atoms with E-state index >= 15 is 0 Å². The topological polar surface area (TPSA) is 118 Å². The summed E-state index contributed by atoms with van der Waals surface area (Å²) in [4.78, 5) is 27.0. The van der Waals surface area contributed by atoms with E-state index in [2.05, 4.69) is 15.3 Å². The third-order valence-corrected chi connectivity index (χ3v) is 3.36. The van der Waals surface area contributed by atoms with Gasteiger partial charge in [-0.05, 0) is 30.5 Å². The first kappa shape index (κ1) is 14.7. The van der Waals surface area contributed by atoms with E-state index < -0.39 is 6.09 Å². The summed E-state index contributed by atoms with van der Waals surface area (Å²) in [6, 6.07) is 6.47. The van der Waals surface area contributed by atoms with Gasteiger partial charge < -0.3 is 15.3 Å². The lowest BCUT2D eigenvalue weighted by molar-refractivity contribution is -0.121. The molecule has 2 rings (SSSR count). The molecule has 1 aliphatic rings. The maximum atomic E-state index is 12.1. The van der Waals surface area contributed by atoms with Crippen LogP contribution in [0.4, 0.5) is 16.2 Å². The van der Waals surface area contributed by atoms with Crippen molar-refractivity contribution in [3.05, 3.63) is 34.7 Å². The second-order valence-corrected chi connectivity index (χ2v) is 4.79. The van der Waals surface area contributed by atoms with Crippen molar-refractivity contribution in [1.82, 2.24) is 4.90 Å². The highest BCUT2D eigenvalue weighted by molar-refractivity contribution is 5.93. The van der Waals surface area contributed by atoms with Gasteiger partial charge in [0.1, 0.15) is 0 Å². The van der Waals surface area contributed by atoms with Crippen molar-refractivity contribution in [3.63, 3.8) is 0 Å². The van der Waals surface area contributed by atoms with E-state index in [1.807, 2.05) is 0 Å². The summed E-state index contributed by atoms with van der Waals surface area (Å²) in [5.41, 5.74) is 9.36. The third kappa shape index (κ3) is 3.87. The second-order valence-electron chi connectivity index (χ2n) is 4.79. The first-order valence-corrected chi connectivity index (χ1v) is 6.54.